The molecule has 5 heterocycles. The highest BCUT2D eigenvalue weighted by molar-refractivity contribution is 5.77. The number of nitrogens with one attached hydrogen (secondary N) is 2. The maximum atomic E-state index is 4.99. The van der Waals surface area contributed by atoms with Gasteiger partial charge in [-0.1, -0.05) is 60.7 Å². The molecule has 10 heteroatoms. The van der Waals surface area contributed by atoms with Crippen molar-refractivity contribution in [2.45, 2.75) is 25.4 Å². The normalized spacial score (nSPS) is 21.6. The molecule has 0 radical (unpaired) electrons. The highest BCUT2D eigenvalue weighted by Gasteiger charge is 2.30. The van der Waals surface area contributed by atoms with E-state index in [2.05, 4.69) is 103 Å². The summed E-state index contributed by atoms with van der Waals surface area (Å²) in [6.07, 6.45) is 4.05. The van der Waals surface area contributed by atoms with Crippen molar-refractivity contribution in [1.82, 2.24) is 40.0 Å². The van der Waals surface area contributed by atoms with E-state index in [-0.39, 0.29) is 12.3 Å². The van der Waals surface area contributed by atoms with Gasteiger partial charge in [-0.2, -0.15) is 10.2 Å². The Morgan fingerprint density at radius 2 is 1.05 bits per heavy atom. The van der Waals surface area contributed by atoms with Crippen molar-refractivity contribution in [3.8, 4) is 0 Å². The smallest absolute Gasteiger partial charge is 0.103 e. The molecule has 0 amide bonds. The molecule has 2 aromatic carbocycles. The summed E-state index contributed by atoms with van der Waals surface area (Å²) in [5, 5.41) is 17.4. The van der Waals surface area contributed by atoms with Crippen LogP contribution in [0.5, 0.6) is 0 Å². The Bertz CT molecular complexity index is 1410. The number of hydrogen-bond acceptors (Lipinski definition) is 8. The Hall–Kier alpha value is -3.96. The minimum atomic E-state index is 0.0885. The zero-order chi connectivity index (χ0) is 28.1. The van der Waals surface area contributed by atoms with Crippen LogP contribution in [0.25, 0.3) is 0 Å². The third-order valence-electron chi connectivity index (χ3n) is 8.25. The second-order valence-corrected chi connectivity index (χ2v) is 11.1. The first-order valence-corrected chi connectivity index (χ1v) is 15.0. The molecule has 3 aliphatic rings. The lowest BCUT2D eigenvalue weighted by Gasteiger charge is -2.24. The van der Waals surface area contributed by atoms with E-state index < -0.39 is 0 Å². The van der Waals surface area contributed by atoms with Crippen LogP contribution in [0.2, 0.25) is 0 Å². The van der Waals surface area contributed by atoms with Crippen LogP contribution >= 0.6 is 0 Å². The van der Waals surface area contributed by atoms with Gasteiger partial charge in [0.25, 0.3) is 0 Å². The second kappa shape index (κ2) is 12.5. The van der Waals surface area contributed by atoms with Gasteiger partial charge < -0.3 is 0 Å². The van der Waals surface area contributed by atoms with E-state index >= 15 is 0 Å². The van der Waals surface area contributed by atoms with Gasteiger partial charge in [-0.05, 0) is 23.3 Å². The first kappa shape index (κ1) is 26.9. The van der Waals surface area contributed by atoms with Crippen LogP contribution in [-0.2, 0) is 13.1 Å². The van der Waals surface area contributed by atoms with Crippen molar-refractivity contribution >= 4 is 12.4 Å². The summed E-state index contributed by atoms with van der Waals surface area (Å²) in [7, 11) is 0. The Balaban J connectivity index is 1.18. The van der Waals surface area contributed by atoms with E-state index in [9.17, 15) is 0 Å². The van der Waals surface area contributed by atoms with Gasteiger partial charge in [-0.25, -0.2) is 0 Å². The van der Waals surface area contributed by atoms with E-state index in [1.807, 2.05) is 12.4 Å². The minimum Gasteiger partial charge on any atom is -0.295 e. The van der Waals surface area contributed by atoms with E-state index in [0.717, 1.165) is 75.1 Å². The zero-order valence-electron chi connectivity index (χ0n) is 23.9. The first-order valence-electron chi connectivity index (χ1n) is 15.0. The Kier molecular flexibility index (Phi) is 8.01. The molecule has 4 aromatic rings. The Labute approximate surface area is 246 Å². The number of benzene rings is 2. The molecule has 10 nitrogen and oxygen atoms in total. The molecule has 2 N–H and O–H groups in total. The third kappa shape index (κ3) is 5.98. The van der Waals surface area contributed by atoms with Crippen LogP contribution in [0.15, 0.2) is 82.8 Å². The molecule has 2 unspecified atom stereocenters. The molecule has 42 heavy (non-hydrogen) atoms. The van der Waals surface area contributed by atoms with Crippen molar-refractivity contribution in [2.24, 2.45) is 9.98 Å². The summed E-state index contributed by atoms with van der Waals surface area (Å²) in [5.74, 6) is 0. The summed E-state index contributed by atoms with van der Waals surface area (Å²) >= 11 is 0. The number of fused-ring (bicyclic) bond motifs is 8. The molecule has 4 bridgehead atoms. The van der Waals surface area contributed by atoms with E-state index in [1.165, 1.54) is 11.1 Å². The van der Waals surface area contributed by atoms with Gasteiger partial charge in [-0.3, -0.25) is 39.8 Å². The first-order chi connectivity index (χ1) is 20.8. The average Bonchev–Trinajstić information content (AvgIpc) is 3.81. The highest BCUT2D eigenvalue weighted by Crippen LogP contribution is 2.25. The van der Waals surface area contributed by atoms with Gasteiger partial charge in [-0.15, -0.1) is 0 Å². The lowest BCUT2D eigenvalue weighted by atomic mass is 10.2. The largest absolute Gasteiger partial charge is 0.295 e. The van der Waals surface area contributed by atoms with Crippen molar-refractivity contribution in [2.75, 3.05) is 52.4 Å². The molecule has 3 aliphatic heterocycles. The highest BCUT2D eigenvalue weighted by atomic mass is 15.4. The fourth-order valence-corrected chi connectivity index (χ4v) is 6.20. The number of aliphatic imine (C=N–C) groups is 2. The standard InChI is InChI=1S/C32H38N10/c1-3-7-25(8-4-1)23-41-29-19-27(37-41)21-33-12-16-40-18-14-36-32(40)30-20-28(22-34-11-15-39-17-13-35-31(29)39)38-42(30)24-26-9-5-2-6-10-26/h1-10,19-22,31-32,35-36H,11-18,23-24H2. The van der Waals surface area contributed by atoms with Crippen LogP contribution in [0.3, 0.4) is 0 Å². The van der Waals surface area contributed by atoms with Crippen LogP contribution < -0.4 is 10.6 Å². The fourth-order valence-electron chi connectivity index (χ4n) is 6.20. The predicted octanol–water partition coefficient (Wildman–Crippen LogP) is 2.54. The Morgan fingerprint density at radius 3 is 1.50 bits per heavy atom. The SMILES string of the molecule is C1=NCCN2CCNC2c2cc(nn2Cc2ccccc2)C=NCCN2CCNC2c2cc1nn2Cc1ccccc1. The van der Waals surface area contributed by atoms with Gasteiger partial charge in [0.2, 0.25) is 0 Å². The Morgan fingerprint density at radius 1 is 0.595 bits per heavy atom. The molecule has 7 rings (SSSR count). The van der Waals surface area contributed by atoms with Gasteiger partial charge in [0.1, 0.15) is 23.7 Å². The van der Waals surface area contributed by atoms with E-state index in [4.69, 9.17) is 20.2 Å². The topological polar surface area (TPSA) is 90.9 Å². The summed E-state index contributed by atoms with van der Waals surface area (Å²) in [5.41, 5.74) is 6.59. The average molecular weight is 563 g/mol. The van der Waals surface area contributed by atoms with Crippen molar-refractivity contribution in [3.05, 3.63) is 107 Å². The molecule has 216 valence electrons. The molecule has 0 saturated carbocycles. The molecular formula is C32H38N10. The van der Waals surface area contributed by atoms with Gasteiger partial charge >= 0.3 is 0 Å². The van der Waals surface area contributed by atoms with Crippen molar-refractivity contribution in [3.63, 3.8) is 0 Å². The number of hydrogen-bond donors (Lipinski definition) is 2. The summed E-state index contributed by atoms with van der Waals surface area (Å²) in [6.45, 7) is 8.37. The second-order valence-electron chi connectivity index (χ2n) is 11.1. The number of aromatic nitrogens is 4. The van der Waals surface area contributed by atoms with Crippen LogP contribution in [-0.4, -0.2) is 94.1 Å². The number of nitrogens with zero attached hydrogens (tertiary/aromatic N) is 8. The van der Waals surface area contributed by atoms with Crippen LogP contribution in [0, 0.1) is 0 Å². The maximum Gasteiger partial charge on any atom is 0.103 e. The summed E-state index contributed by atoms with van der Waals surface area (Å²) in [4.78, 5) is 14.6. The number of rotatable bonds is 4. The van der Waals surface area contributed by atoms with Gasteiger partial charge in [0, 0.05) is 51.7 Å². The van der Waals surface area contributed by atoms with Crippen molar-refractivity contribution in [1.29, 1.82) is 0 Å². The quantitative estimate of drug-likeness (QED) is 0.397. The minimum absolute atomic E-state index is 0.0885. The lowest BCUT2D eigenvalue weighted by Crippen LogP contribution is -2.31. The molecule has 2 atom stereocenters. The van der Waals surface area contributed by atoms with E-state index in [1.54, 1.807) is 0 Å². The molecule has 2 aromatic heterocycles. The third-order valence-corrected chi connectivity index (χ3v) is 8.25. The summed E-state index contributed by atoms with van der Waals surface area (Å²) < 4.78 is 4.26. The predicted molar refractivity (Wildman–Crippen MR) is 165 cm³/mol. The monoisotopic (exact) mass is 562 g/mol. The molecule has 0 aliphatic carbocycles. The summed E-state index contributed by atoms with van der Waals surface area (Å²) in [6, 6.07) is 25.4. The van der Waals surface area contributed by atoms with Gasteiger partial charge in [0.15, 0.2) is 0 Å². The van der Waals surface area contributed by atoms with Crippen molar-refractivity contribution < 1.29 is 0 Å². The molecule has 0 spiro atoms. The molecule has 2 saturated heterocycles. The van der Waals surface area contributed by atoms with Crippen LogP contribution in [0.4, 0.5) is 0 Å². The lowest BCUT2D eigenvalue weighted by molar-refractivity contribution is 0.241. The molecule has 2 fully saturated rings. The van der Waals surface area contributed by atoms with Crippen LogP contribution in [0.1, 0.15) is 46.2 Å². The van der Waals surface area contributed by atoms with Gasteiger partial charge in [0.05, 0.1) is 37.6 Å². The zero-order valence-corrected chi connectivity index (χ0v) is 23.9. The molecular weight excluding hydrogens is 524 g/mol. The maximum absolute atomic E-state index is 4.99. The fraction of sp³-hybridized carbons (Fsp3) is 0.375. The van der Waals surface area contributed by atoms with E-state index in [0.29, 0.717) is 13.1 Å².